The highest BCUT2D eigenvalue weighted by atomic mass is 79.9. The maximum atomic E-state index is 12.9. The minimum absolute atomic E-state index is 0.0232. The van der Waals surface area contributed by atoms with Gasteiger partial charge in [0.2, 0.25) is 0 Å². The summed E-state index contributed by atoms with van der Waals surface area (Å²) < 4.78 is 0.953. The number of benzene rings is 1. The van der Waals surface area contributed by atoms with E-state index in [1.807, 2.05) is 41.3 Å². The van der Waals surface area contributed by atoms with Gasteiger partial charge in [0.05, 0.1) is 18.3 Å². The van der Waals surface area contributed by atoms with Crippen molar-refractivity contribution < 1.29 is 4.79 Å². The van der Waals surface area contributed by atoms with E-state index in [0.29, 0.717) is 13.0 Å². The van der Waals surface area contributed by atoms with E-state index in [-0.39, 0.29) is 11.9 Å². The molecule has 2 aromatic rings. The third-order valence-corrected chi connectivity index (χ3v) is 5.84. The molecule has 0 aliphatic carbocycles. The van der Waals surface area contributed by atoms with Crippen LogP contribution in [-0.2, 0) is 6.42 Å². The van der Waals surface area contributed by atoms with Crippen LogP contribution in [0.3, 0.4) is 0 Å². The molecule has 0 N–H and O–H groups in total. The van der Waals surface area contributed by atoms with Crippen molar-refractivity contribution in [2.45, 2.75) is 32.1 Å². The average Bonchev–Trinajstić information content (AvgIpc) is 2.88. The zero-order chi connectivity index (χ0) is 19.4. The van der Waals surface area contributed by atoms with Crippen molar-refractivity contribution in [1.82, 2.24) is 9.88 Å². The Morgan fingerprint density at radius 3 is 2.67 bits per heavy atom. The van der Waals surface area contributed by atoms with E-state index in [1.165, 1.54) is 0 Å². The molecule has 1 aliphatic rings. The Balaban J connectivity index is 1.87. The summed E-state index contributed by atoms with van der Waals surface area (Å²) in [6.45, 7) is 6.91. The van der Waals surface area contributed by atoms with Gasteiger partial charge >= 0.3 is 0 Å². The lowest BCUT2D eigenvalue weighted by Crippen LogP contribution is -2.30. The smallest absolute Gasteiger partial charge is 0.255 e. The summed E-state index contributed by atoms with van der Waals surface area (Å²) in [6.07, 6.45) is 2.42. The number of carbonyl (C=O) groups excluding carboxylic acids is 1. The molecule has 0 radical (unpaired) electrons. The van der Waals surface area contributed by atoms with Crippen molar-refractivity contribution in [3.8, 4) is 23.3 Å². The van der Waals surface area contributed by atoms with E-state index in [2.05, 4.69) is 63.9 Å². The molecule has 1 aromatic heterocycles. The van der Waals surface area contributed by atoms with Crippen LogP contribution < -0.4 is 0 Å². The van der Waals surface area contributed by atoms with E-state index in [4.69, 9.17) is 0 Å². The zero-order valence-electron chi connectivity index (χ0n) is 15.7. The number of hydrogen-bond donors (Lipinski definition) is 0. The summed E-state index contributed by atoms with van der Waals surface area (Å²) in [5, 5.41) is 0. The molecule has 136 valence electrons. The lowest BCUT2D eigenvalue weighted by molar-refractivity contribution is 0.0750. The van der Waals surface area contributed by atoms with Crippen LogP contribution in [0.5, 0.6) is 0 Å². The second kappa shape index (κ2) is 8.13. The predicted molar refractivity (Wildman–Crippen MR) is 115 cm³/mol. The largest absolute Gasteiger partial charge is 0.320 e. The van der Waals surface area contributed by atoms with Crippen LogP contribution in [0.15, 0.2) is 47.1 Å². The molecular formula is C22H21BrN2OSi. The van der Waals surface area contributed by atoms with Gasteiger partial charge in [0.1, 0.15) is 8.07 Å². The second-order valence-electron chi connectivity index (χ2n) is 7.47. The standard InChI is InChI=1S/C22H21BrN2OSi/c1-27(2,3)15-8-4-7-14-25-21(16-20-19(23)12-9-13-24-20)17-10-5-6-11-18(17)22(25)26/h5-6,9-13,21H,14,16H2,1-3H3. The Bertz CT molecular complexity index is 989. The molecule has 2 heterocycles. The van der Waals surface area contributed by atoms with Gasteiger partial charge in [-0.15, -0.1) is 5.54 Å². The van der Waals surface area contributed by atoms with Crippen LogP contribution in [-0.4, -0.2) is 30.4 Å². The number of hydrogen-bond acceptors (Lipinski definition) is 2. The molecule has 0 saturated carbocycles. The molecule has 27 heavy (non-hydrogen) atoms. The van der Waals surface area contributed by atoms with E-state index >= 15 is 0 Å². The summed E-state index contributed by atoms with van der Waals surface area (Å²) in [5.74, 6) is 8.96. The van der Waals surface area contributed by atoms with Crippen molar-refractivity contribution in [2.24, 2.45) is 0 Å². The first-order valence-electron chi connectivity index (χ1n) is 8.86. The summed E-state index contributed by atoms with van der Waals surface area (Å²) >= 11 is 3.56. The van der Waals surface area contributed by atoms with Crippen molar-refractivity contribution in [3.63, 3.8) is 0 Å². The molecule has 0 spiro atoms. The van der Waals surface area contributed by atoms with Crippen molar-refractivity contribution >= 4 is 29.9 Å². The summed E-state index contributed by atoms with van der Waals surface area (Å²) in [7, 11) is -1.43. The molecule has 1 unspecified atom stereocenters. The average molecular weight is 437 g/mol. The molecule has 0 saturated heterocycles. The number of nitrogens with zero attached hydrogens (tertiary/aromatic N) is 2. The molecule has 0 fully saturated rings. The van der Waals surface area contributed by atoms with Gasteiger partial charge in [-0.2, -0.15) is 0 Å². The van der Waals surface area contributed by atoms with Crippen LogP contribution in [0, 0.1) is 23.3 Å². The fraction of sp³-hybridized carbons (Fsp3) is 0.273. The number of fused-ring (bicyclic) bond motifs is 1. The van der Waals surface area contributed by atoms with E-state index in [1.54, 1.807) is 6.20 Å². The summed E-state index contributed by atoms with van der Waals surface area (Å²) in [5.41, 5.74) is 5.95. The zero-order valence-corrected chi connectivity index (χ0v) is 18.3. The van der Waals surface area contributed by atoms with E-state index in [9.17, 15) is 4.79 Å². The molecule has 3 rings (SSSR count). The molecule has 5 heteroatoms. The summed E-state index contributed by atoms with van der Waals surface area (Å²) in [4.78, 5) is 19.2. The van der Waals surface area contributed by atoms with Gasteiger partial charge in [0, 0.05) is 22.7 Å². The first-order chi connectivity index (χ1) is 12.9. The fourth-order valence-corrected chi connectivity index (χ4v) is 3.84. The maximum absolute atomic E-state index is 12.9. The number of carbonyl (C=O) groups is 1. The normalized spacial score (nSPS) is 15.5. The van der Waals surface area contributed by atoms with E-state index < -0.39 is 8.07 Å². The number of halogens is 1. The lowest BCUT2D eigenvalue weighted by Gasteiger charge is -2.23. The Morgan fingerprint density at radius 1 is 1.15 bits per heavy atom. The van der Waals surface area contributed by atoms with Crippen LogP contribution in [0.25, 0.3) is 0 Å². The van der Waals surface area contributed by atoms with Gasteiger partial charge in [-0.3, -0.25) is 9.78 Å². The summed E-state index contributed by atoms with van der Waals surface area (Å²) in [6, 6.07) is 11.6. The first kappa shape index (κ1) is 19.4. The van der Waals surface area contributed by atoms with Crippen LogP contribution >= 0.6 is 15.9 Å². The van der Waals surface area contributed by atoms with E-state index in [0.717, 1.165) is 21.3 Å². The number of amides is 1. The monoisotopic (exact) mass is 436 g/mol. The lowest BCUT2D eigenvalue weighted by atomic mass is 10.0. The molecule has 3 nitrogen and oxygen atoms in total. The van der Waals surface area contributed by atoms with Crippen molar-refractivity contribution in [3.05, 3.63) is 63.9 Å². The third kappa shape index (κ3) is 4.69. The molecular weight excluding hydrogens is 416 g/mol. The minimum atomic E-state index is -1.43. The minimum Gasteiger partial charge on any atom is -0.320 e. The van der Waals surface area contributed by atoms with Crippen molar-refractivity contribution in [2.75, 3.05) is 6.54 Å². The third-order valence-electron chi connectivity index (χ3n) is 4.25. The Morgan fingerprint density at radius 2 is 1.93 bits per heavy atom. The van der Waals surface area contributed by atoms with Gasteiger partial charge in [0.15, 0.2) is 0 Å². The number of rotatable bonds is 3. The number of aromatic nitrogens is 1. The topological polar surface area (TPSA) is 33.2 Å². The highest BCUT2D eigenvalue weighted by Crippen LogP contribution is 2.36. The highest BCUT2D eigenvalue weighted by Gasteiger charge is 2.36. The Kier molecular flexibility index (Phi) is 5.84. The molecule has 1 amide bonds. The van der Waals surface area contributed by atoms with Gasteiger partial charge in [-0.25, -0.2) is 0 Å². The van der Waals surface area contributed by atoms with Crippen molar-refractivity contribution in [1.29, 1.82) is 0 Å². The van der Waals surface area contributed by atoms with Crippen LogP contribution in [0.1, 0.15) is 27.7 Å². The van der Waals surface area contributed by atoms with Crippen LogP contribution in [0.4, 0.5) is 0 Å². The first-order valence-corrected chi connectivity index (χ1v) is 13.2. The molecule has 1 aliphatic heterocycles. The SMILES string of the molecule is C[Si](C)(C)C#CC#CCN1C(=O)c2ccccc2C1Cc1ncccc1Br. The fourth-order valence-electron chi connectivity index (χ4n) is 2.99. The van der Waals surface area contributed by atoms with Crippen LogP contribution in [0.2, 0.25) is 19.6 Å². The Hall–Kier alpha value is -2.34. The van der Waals surface area contributed by atoms with Gasteiger partial charge in [-0.1, -0.05) is 43.8 Å². The second-order valence-corrected chi connectivity index (χ2v) is 13.1. The van der Waals surface area contributed by atoms with Gasteiger partial charge < -0.3 is 4.90 Å². The predicted octanol–water partition coefficient (Wildman–Crippen LogP) is 4.47. The number of pyridine rings is 1. The molecule has 1 atom stereocenters. The molecule has 1 aromatic carbocycles. The van der Waals surface area contributed by atoms with Gasteiger partial charge in [0.25, 0.3) is 5.91 Å². The molecule has 0 bridgehead atoms. The highest BCUT2D eigenvalue weighted by molar-refractivity contribution is 9.10. The van der Waals surface area contributed by atoms with Gasteiger partial charge in [-0.05, 0) is 51.5 Å². The maximum Gasteiger partial charge on any atom is 0.255 e. The Labute approximate surface area is 170 Å². The quantitative estimate of drug-likeness (QED) is 0.525.